The van der Waals surface area contributed by atoms with E-state index in [9.17, 15) is 13.2 Å². The number of oxime groups is 1. The van der Waals surface area contributed by atoms with Crippen LogP contribution in [-0.2, 0) is 31.3 Å². The summed E-state index contributed by atoms with van der Waals surface area (Å²) in [5, 5.41) is 2.43. The number of ether oxygens (including phenoxy) is 3. The zero-order valence-corrected chi connectivity index (χ0v) is 21.0. The molecule has 3 atom stereocenters. The van der Waals surface area contributed by atoms with Crippen LogP contribution >= 0.6 is 19.5 Å². The molecule has 1 unspecified atom stereocenters. The Hall–Kier alpha value is -2.23. The first-order valence-electron chi connectivity index (χ1n) is 10.3. The molecule has 0 aliphatic rings. The topological polar surface area (TPSA) is 78.8 Å². The van der Waals surface area contributed by atoms with E-state index in [1.54, 1.807) is 33.0 Å². The van der Waals surface area contributed by atoms with Crippen LogP contribution in [0.1, 0.15) is 18.1 Å². The lowest BCUT2D eigenvalue weighted by Gasteiger charge is -2.31. The molecule has 0 fully saturated rings. The van der Waals surface area contributed by atoms with E-state index in [4.69, 9.17) is 25.8 Å². The summed E-state index contributed by atoms with van der Waals surface area (Å²) in [6.45, 7) is 0.924. The second-order valence-corrected chi connectivity index (χ2v) is 8.99. The first-order valence-corrected chi connectivity index (χ1v) is 12.1. The number of aryl methyl sites for hydroxylation is 2. The second kappa shape index (κ2) is 13.6. The zero-order chi connectivity index (χ0) is 25.1. The van der Waals surface area contributed by atoms with Crippen LogP contribution in [0.15, 0.2) is 53.7 Å². The fraction of sp³-hybridized carbons (Fsp3) is 0.409. The van der Waals surface area contributed by atoms with Gasteiger partial charge < -0.3 is 14.2 Å². The normalized spacial score (nSPS) is 15.5. The molecule has 188 valence electrons. The highest BCUT2D eigenvalue weighted by molar-refractivity contribution is 7.48. The maximum absolute atomic E-state index is 13.6. The van der Waals surface area contributed by atoms with Crippen LogP contribution < -0.4 is 9.47 Å². The molecule has 0 saturated heterocycles. The molecule has 2 aromatic rings. The molecule has 0 amide bonds. The maximum Gasteiger partial charge on any atom is 0.592 e. The minimum absolute atomic E-state index is 0.597. The van der Waals surface area contributed by atoms with Crippen molar-refractivity contribution < 1.29 is 36.5 Å². The molecule has 34 heavy (non-hydrogen) atoms. The predicted molar refractivity (Wildman–Crippen MR) is 126 cm³/mol. The van der Waals surface area contributed by atoms with Crippen molar-refractivity contribution in [3.63, 3.8) is 0 Å². The molecule has 8 nitrogen and oxygen atoms in total. The van der Waals surface area contributed by atoms with E-state index < -0.39 is 32.5 Å². The van der Waals surface area contributed by atoms with Gasteiger partial charge in [0.2, 0.25) is 0 Å². The first-order chi connectivity index (χ1) is 16.1. The molecule has 0 aliphatic heterocycles. The fourth-order valence-electron chi connectivity index (χ4n) is 3.07. The molecular formula is C22H28ClF2N2O6P. The van der Waals surface area contributed by atoms with Gasteiger partial charge in [-0.05, 0) is 79.9 Å². The molecule has 0 aromatic heterocycles. The van der Waals surface area contributed by atoms with Gasteiger partial charge in [-0.25, -0.2) is 9.09 Å². The quantitative estimate of drug-likeness (QED) is 0.137. The van der Waals surface area contributed by atoms with Crippen LogP contribution in [0, 0.1) is 0 Å². The average Bonchev–Trinajstić information content (AvgIpc) is 2.80. The highest BCUT2D eigenvalue weighted by atomic mass is 35.5. The summed E-state index contributed by atoms with van der Waals surface area (Å²) >= 11 is 4.76. The molecule has 2 rings (SSSR count). The maximum atomic E-state index is 13.6. The molecule has 2 aromatic carbocycles. The van der Waals surface area contributed by atoms with Gasteiger partial charge in [0, 0.05) is 0 Å². The van der Waals surface area contributed by atoms with E-state index in [1.807, 2.05) is 48.5 Å². The molecule has 0 bridgehead atoms. The van der Waals surface area contributed by atoms with E-state index in [2.05, 4.69) is 14.3 Å². The van der Waals surface area contributed by atoms with E-state index in [0.717, 1.165) is 29.7 Å². The van der Waals surface area contributed by atoms with Gasteiger partial charge in [0.25, 0.3) is 0 Å². The number of methoxy groups -OCH3 is 1. The van der Waals surface area contributed by atoms with Crippen LogP contribution in [0.5, 0.6) is 11.5 Å². The number of hydrogen-bond acceptors (Lipinski definition) is 8. The van der Waals surface area contributed by atoms with Crippen molar-refractivity contribution in [2.24, 2.45) is 5.16 Å². The number of likely N-dealkylation sites (N-methyl/N-ethyl adjacent to an activating group) is 1. The van der Waals surface area contributed by atoms with Gasteiger partial charge >= 0.3 is 13.3 Å². The Morgan fingerprint density at radius 3 is 2.59 bits per heavy atom. The number of para-hydroxylation sites is 1. The van der Waals surface area contributed by atoms with Crippen LogP contribution in [0.25, 0.3) is 0 Å². The van der Waals surface area contributed by atoms with Gasteiger partial charge in [-0.1, -0.05) is 30.3 Å². The molecule has 0 saturated carbocycles. The smallest absolute Gasteiger partial charge is 0.497 e. The van der Waals surface area contributed by atoms with E-state index >= 15 is 0 Å². The molecular weight excluding hydrogens is 493 g/mol. The van der Waals surface area contributed by atoms with E-state index in [-0.39, 0.29) is 0 Å². The van der Waals surface area contributed by atoms with Crippen molar-refractivity contribution in [3.05, 3.63) is 59.7 Å². The Morgan fingerprint density at radius 2 is 1.91 bits per heavy atom. The lowest BCUT2D eigenvalue weighted by Crippen LogP contribution is -2.43. The molecule has 0 spiro atoms. The largest absolute Gasteiger partial charge is 0.592 e. The van der Waals surface area contributed by atoms with Gasteiger partial charge in [0.15, 0.2) is 13.0 Å². The molecule has 0 radical (unpaired) electrons. The van der Waals surface area contributed by atoms with E-state index in [1.165, 1.54) is 0 Å². The van der Waals surface area contributed by atoms with Crippen molar-refractivity contribution >= 4 is 24.9 Å². The summed E-state index contributed by atoms with van der Waals surface area (Å²) < 4.78 is 62.3. The predicted octanol–water partition coefficient (Wildman–Crippen LogP) is 5.70. The van der Waals surface area contributed by atoms with Crippen LogP contribution in [0.4, 0.5) is 8.59 Å². The number of nitrogens with zero attached hydrogens (tertiary/aromatic N) is 2. The number of benzene rings is 2. The highest BCUT2D eigenvalue weighted by Gasteiger charge is 2.29. The zero-order valence-electron chi connectivity index (χ0n) is 19.3. The Labute approximate surface area is 203 Å². The third kappa shape index (κ3) is 9.56. The Balaban J connectivity index is 2.00. The summed E-state index contributed by atoms with van der Waals surface area (Å²) in [6.07, 6.45) is 0.262. The Bertz CT molecular complexity index is 993. The average molecular weight is 521 g/mol. The summed E-state index contributed by atoms with van der Waals surface area (Å²) in [5.41, 5.74) is 0.494. The summed E-state index contributed by atoms with van der Waals surface area (Å²) in [6, 6.07) is 15.5. The highest BCUT2D eigenvalue weighted by Crippen LogP contribution is 2.50. The van der Waals surface area contributed by atoms with Crippen molar-refractivity contribution in [2.45, 2.75) is 32.1 Å². The lowest BCUT2D eigenvalue weighted by atomic mass is 10.0. The van der Waals surface area contributed by atoms with Gasteiger partial charge in [0.1, 0.15) is 17.6 Å². The standard InChI is InChI=1S/C22H28ClF2N2O6P/c1-16(30-15-31-34(25,28)33-26-22(23)24)21(27(2)3)32-20-11-6-5-9-18(20)13-12-17-8-7-10-19(14-17)29-4/h5-11,14,16,21H,12-13,15H2,1-4H3/b26-22-/t16?,21-,34+/m0/s1. The SMILES string of the molecule is COc1cccc(CCc2ccccc2O[C@@H](C(C)OCO[P@](=O)(F)O/N=C(\F)Cl)N(C)C)c1. The van der Waals surface area contributed by atoms with Crippen LogP contribution in [0.2, 0.25) is 0 Å². The minimum atomic E-state index is -5.18. The molecule has 0 aliphatic carbocycles. The number of halogens is 3. The van der Waals surface area contributed by atoms with Crippen LogP contribution in [0.3, 0.4) is 0 Å². The summed E-state index contributed by atoms with van der Waals surface area (Å²) in [4.78, 5) is 1.77. The van der Waals surface area contributed by atoms with Gasteiger partial charge in [-0.3, -0.25) is 9.52 Å². The Kier molecular flexibility index (Phi) is 11.2. The first kappa shape index (κ1) is 28.0. The number of rotatable bonds is 14. The third-order valence-corrected chi connectivity index (χ3v) is 5.45. The molecule has 12 heteroatoms. The fourth-order valence-corrected chi connectivity index (χ4v) is 3.56. The van der Waals surface area contributed by atoms with Crippen molar-refractivity contribution in [2.75, 3.05) is 28.0 Å². The van der Waals surface area contributed by atoms with Crippen LogP contribution in [-0.4, -0.2) is 50.7 Å². The third-order valence-electron chi connectivity index (χ3n) is 4.69. The van der Waals surface area contributed by atoms with Crippen molar-refractivity contribution in [1.82, 2.24) is 4.90 Å². The van der Waals surface area contributed by atoms with E-state index in [0.29, 0.717) is 5.75 Å². The number of hydrogen-bond donors (Lipinski definition) is 0. The lowest BCUT2D eigenvalue weighted by molar-refractivity contribution is -0.114. The van der Waals surface area contributed by atoms with Crippen molar-refractivity contribution in [1.29, 1.82) is 0 Å². The van der Waals surface area contributed by atoms with Crippen molar-refractivity contribution in [3.8, 4) is 11.5 Å². The van der Waals surface area contributed by atoms with Gasteiger partial charge in [-0.2, -0.15) is 4.39 Å². The summed E-state index contributed by atoms with van der Waals surface area (Å²) in [7, 11) is 0.0205. The molecule has 0 N–H and O–H groups in total. The summed E-state index contributed by atoms with van der Waals surface area (Å²) in [5.74, 6) is 1.46. The monoisotopic (exact) mass is 520 g/mol. The Morgan fingerprint density at radius 1 is 1.18 bits per heavy atom. The minimum Gasteiger partial charge on any atom is -0.497 e. The van der Waals surface area contributed by atoms with Gasteiger partial charge in [-0.15, -0.1) is 4.20 Å². The molecule has 0 heterocycles. The van der Waals surface area contributed by atoms with Gasteiger partial charge in [0.05, 0.1) is 7.11 Å². The second-order valence-electron chi connectivity index (χ2n) is 7.39.